The molecule has 0 radical (unpaired) electrons. The highest BCUT2D eigenvalue weighted by atomic mass is 16.5. The number of rotatable bonds is 5. The fraction of sp³-hybridized carbons (Fsp3) is 0.200. The van der Waals surface area contributed by atoms with Crippen molar-refractivity contribution in [3.8, 4) is 28.9 Å². The van der Waals surface area contributed by atoms with Crippen LogP contribution < -0.4 is 14.2 Å². The number of hydrogen-bond acceptors (Lipinski definition) is 5. The average molecular weight is 300 g/mol. The van der Waals surface area contributed by atoms with Crippen LogP contribution in [-0.4, -0.2) is 40.4 Å². The lowest BCUT2D eigenvalue weighted by Crippen LogP contribution is -2.04. The first-order chi connectivity index (χ1) is 10.8. The summed E-state index contributed by atoms with van der Waals surface area (Å²) in [6.45, 7) is 0. The van der Waals surface area contributed by atoms with E-state index in [1.54, 1.807) is 40.1 Å². The van der Waals surface area contributed by atoms with E-state index in [2.05, 4.69) is 9.97 Å². The Bertz CT molecular complexity index is 740. The van der Waals surface area contributed by atoms with Gasteiger partial charge in [-0.05, 0) is 0 Å². The second-order valence-corrected chi connectivity index (χ2v) is 4.45. The maximum absolute atomic E-state index is 5.39. The van der Waals surface area contributed by atoms with Crippen molar-refractivity contribution in [2.75, 3.05) is 21.3 Å². The minimum absolute atomic E-state index is 0.554. The standard InChI is InChI=1S/C15H16N4O3/c1-20-12-8-11(9-13(21-2)14(12)22-3)19-7-5-17-15(19)18-6-4-16-10-18/h4-10H,1-3H3. The molecular formula is C15H16N4O3. The van der Waals surface area contributed by atoms with E-state index >= 15 is 0 Å². The summed E-state index contributed by atoms with van der Waals surface area (Å²) in [7, 11) is 4.76. The summed E-state index contributed by atoms with van der Waals surface area (Å²) in [6.07, 6.45) is 8.80. The smallest absolute Gasteiger partial charge is 0.219 e. The van der Waals surface area contributed by atoms with Crippen LogP contribution >= 0.6 is 0 Å². The summed E-state index contributed by atoms with van der Waals surface area (Å²) in [6, 6.07) is 3.73. The van der Waals surface area contributed by atoms with Crippen LogP contribution in [0.4, 0.5) is 0 Å². The van der Waals surface area contributed by atoms with Gasteiger partial charge in [0.15, 0.2) is 11.5 Å². The molecule has 0 aliphatic carbocycles. The Morgan fingerprint density at radius 3 is 2.18 bits per heavy atom. The van der Waals surface area contributed by atoms with Crippen molar-refractivity contribution < 1.29 is 14.2 Å². The largest absolute Gasteiger partial charge is 0.493 e. The zero-order valence-electron chi connectivity index (χ0n) is 12.6. The molecule has 7 heteroatoms. The lowest BCUT2D eigenvalue weighted by atomic mass is 10.2. The predicted octanol–water partition coefficient (Wildman–Crippen LogP) is 2.08. The van der Waals surface area contributed by atoms with E-state index in [0.717, 1.165) is 5.69 Å². The van der Waals surface area contributed by atoms with Crippen LogP contribution in [0.25, 0.3) is 11.6 Å². The number of aromatic nitrogens is 4. The van der Waals surface area contributed by atoms with Crippen LogP contribution in [0.2, 0.25) is 0 Å². The van der Waals surface area contributed by atoms with Gasteiger partial charge in [0, 0.05) is 36.9 Å². The summed E-state index contributed by atoms with van der Waals surface area (Å²) in [5.74, 6) is 2.44. The van der Waals surface area contributed by atoms with Crippen molar-refractivity contribution in [1.82, 2.24) is 19.1 Å². The van der Waals surface area contributed by atoms with Crippen LogP contribution in [0.15, 0.2) is 43.2 Å². The Kier molecular flexibility index (Phi) is 3.69. The van der Waals surface area contributed by atoms with Crippen molar-refractivity contribution in [2.24, 2.45) is 0 Å². The highest BCUT2D eigenvalue weighted by Crippen LogP contribution is 2.39. The van der Waals surface area contributed by atoms with Crippen LogP contribution in [0.5, 0.6) is 17.2 Å². The van der Waals surface area contributed by atoms with E-state index in [9.17, 15) is 0 Å². The molecule has 0 spiro atoms. The number of imidazole rings is 2. The molecule has 0 aliphatic rings. The molecule has 0 bridgehead atoms. The topological polar surface area (TPSA) is 63.3 Å². The van der Waals surface area contributed by atoms with Gasteiger partial charge >= 0.3 is 0 Å². The molecule has 3 aromatic rings. The Balaban J connectivity index is 2.16. The van der Waals surface area contributed by atoms with Gasteiger partial charge in [-0.3, -0.25) is 9.13 Å². The second-order valence-electron chi connectivity index (χ2n) is 4.45. The van der Waals surface area contributed by atoms with Crippen LogP contribution in [0.1, 0.15) is 0 Å². The van der Waals surface area contributed by atoms with Gasteiger partial charge in [-0.25, -0.2) is 9.97 Å². The van der Waals surface area contributed by atoms with Gasteiger partial charge in [0.1, 0.15) is 6.33 Å². The molecule has 0 unspecified atom stereocenters. The van der Waals surface area contributed by atoms with Gasteiger partial charge in [0.25, 0.3) is 0 Å². The van der Waals surface area contributed by atoms with Crippen LogP contribution in [0, 0.1) is 0 Å². The van der Waals surface area contributed by atoms with E-state index in [1.165, 1.54) is 0 Å². The number of benzene rings is 1. The van der Waals surface area contributed by atoms with E-state index in [0.29, 0.717) is 23.2 Å². The first-order valence-electron chi connectivity index (χ1n) is 6.60. The molecule has 1 aromatic carbocycles. The molecule has 0 N–H and O–H groups in total. The predicted molar refractivity (Wildman–Crippen MR) is 80.3 cm³/mol. The Labute approximate surface area is 127 Å². The van der Waals surface area contributed by atoms with Gasteiger partial charge in [-0.1, -0.05) is 0 Å². The van der Waals surface area contributed by atoms with Gasteiger partial charge in [0.05, 0.1) is 27.0 Å². The highest BCUT2D eigenvalue weighted by Gasteiger charge is 2.16. The Morgan fingerprint density at radius 2 is 1.64 bits per heavy atom. The first kappa shape index (κ1) is 14.0. The van der Waals surface area contributed by atoms with E-state index in [1.807, 2.05) is 33.7 Å². The molecule has 7 nitrogen and oxygen atoms in total. The lowest BCUT2D eigenvalue weighted by molar-refractivity contribution is 0.324. The number of nitrogens with zero attached hydrogens (tertiary/aromatic N) is 4. The molecule has 2 aromatic heterocycles. The monoisotopic (exact) mass is 300 g/mol. The minimum Gasteiger partial charge on any atom is -0.493 e. The molecule has 2 heterocycles. The van der Waals surface area contributed by atoms with Crippen LogP contribution in [0.3, 0.4) is 0 Å². The SMILES string of the molecule is COc1cc(-n2ccnc2-n2ccnc2)cc(OC)c1OC. The third kappa shape index (κ3) is 2.26. The van der Waals surface area contributed by atoms with E-state index in [4.69, 9.17) is 14.2 Å². The van der Waals surface area contributed by atoms with E-state index in [-0.39, 0.29) is 0 Å². The molecule has 0 atom stereocenters. The van der Waals surface area contributed by atoms with Gasteiger partial charge in [-0.15, -0.1) is 0 Å². The van der Waals surface area contributed by atoms with Gasteiger partial charge < -0.3 is 14.2 Å². The molecule has 0 saturated heterocycles. The third-order valence-electron chi connectivity index (χ3n) is 3.28. The average Bonchev–Trinajstić information content (AvgIpc) is 3.23. The maximum atomic E-state index is 5.39. The quantitative estimate of drug-likeness (QED) is 0.722. The van der Waals surface area contributed by atoms with Crippen molar-refractivity contribution in [1.29, 1.82) is 0 Å². The molecule has 22 heavy (non-hydrogen) atoms. The Hall–Kier alpha value is -2.96. The molecule has 0 amide bonds. The van der Waals surface area contributed by atoms with Crippen molar-refractivity contribution in [3.05, 3.63) is 43.2 Å². The summed E-state index contributed by atoms with van der Waals surface area (Å²) >= 11 is 0. The van der Waals surface area contributed by atoms with Crippen molar-refractivity contribution in [2.45, 2.75) is 0 Å². The maximum Gasteiger partial charge on any atom is 0.219 e. The molecule has 0 fully saturated rings. The first-order valence-corrected chi connectivity index (χ1v) is 6.60. The number of methoxy groups -OCH3 is 3. The second kappa shape index (κ2) is 5.80. The zero-order valence-corrected chi connectivity index (χ0v) is 12.6. The number of hydrogen-bond donors (Lipinski definition) is 0. The summed E-state index contributed by atoms with van der Waals surface area (Å²) < 4.78 is 19.9. The molecule has 0 aliphatic heterocycles. The fourth-order valence-corrected chi connectivity index (χ4v) is 2.27. The summed E-state index contributed by atoms with van der Waals surface area (Å²) in [4.78, 5) is 8.41. The molecular weight excluding hydrogens is 284 g/mol. The summed E-state index contributed by atoms with van der Waals surface area (Å²) in [5.41, 5.74) is 0.843. The normalized spacial score (nSPS) is 10.5. The fourth-order valence-electron chi connectivity index (χ4n) is 2.27. The minimum atomic E-state index is 0.554. The third-order valence-corrected chi connectivity index (χ3v) is 3.28. The Morgan fingerprint density at radius 1 is 0.909 bits per heavy atom. The van der Waals surface area contributed by atoms with Crippen molar-refractivity contribution >= 4 is 0 Å². The molecule has 0 saturated carbocycles. The van der Waals surface area contributed by atoms with Gasteiger partial charge in [-0.2, -0.15) is 0 Å². The number of ether oxygens (including phenoxy) is 3. The van der Waals surface area contributed by atoms with Gasteiger partial charge in [0.2, 0.25) is 11.7 Å². The summed E-state index contributed by atoms with van der Waals surface area (Å²) in [5, 5.41) is 0. The lowest BCUT2D eigenvalue weighted by Gasteiger charge is -2.15. The van der Waals surface area contributed by atoms with Crippen molar-refractivity contribution in [3.63, 3.8) is 0 Å². The highest BCUT2D eigenvalue weighted by molar-refractivity contribution is 5.59. The van der Waals surface area contributed by atoms with Crippen LogP contribution in [-0.2, 0) is 0 Å². The zero-order chi connectivity index (χ0) is 15.5. The molecule has 114 valence electrons. The van der Waals surface area contributed by atoms with E-state index < -0.39 is 0 Å². The molecule has 3 rings (SSSR count).